The Morgan fingerprint density at radius 2 is 1.81 bits per heavy atom. The van der Waals surface area contributed by atoms with Crippen molar-refractivity contribution in [3.8, 4) is 0 Å². The lowest BCUT2D eigenvalue weighted by Crippen LogP contribution is -2.52. The zero-order valence-electron chi connectivity index (χ0n) is 18.6. The molecule has 0 aromatic heterocycles. The second-order valence-corrected chi connectivity index (χ2v) is 10.5. The molecular formula is C26H32O5S. The maximum Gasteiger partial charge on any atom is 0.132 e. The SMILES string of the molecule is CS[C@H]1OC(c2ccc(C)c(Cc3ccc([C@]45CCOC[C@H]4C5)cc3)c2)[C@H](O)[C@@H](O)[C@@H]1O. The molecule has 1 aliphatic carbocycles. The van der Waals surface area contributed by atoms with Crippen LogP contribution < -0.4 is 0 Å². The van der Waals surface area contributed by atoms with Gasteiger partial charge in [0, 0.05) is 12.0 Å². The number of rotatable bonds is 5. The van der Waals surface area contributed by atoms with Crippen molar-refractivity contribution in [1.82, 2.24) is 0 Å². The molecule has 2 heterocycles. The fourth-order valence-corrected chi connectivity index (χ4v) is 6.11. The van der Waals surface area contributed by atoms with E-state index in [1.807, 2.05) is 18.4 Å². The zero-order valence-corrected chi connectivity index (χ0v) is 19.4. The Morgan fingerprint density at radius 1 is 1.03 bits per heavy atom. The van der Waals surface area contributed by atoms with Crippen LogP contribution in [0.15, 0.2) is 42.5 Å². The van der Waals surface area contributed by atoms with Crippen molar-refractivity contribution in [2.75, 3.05) is 19.5 Å². The van der Waals surface area contributed by atoms with Gasteiger partial charge in [-0.05, 0) is 66.2 Å². The number of ether oxygens (including phenoxy) is 2. The number of thioether (sulfide) groups is 1. The lowest BCUT2D eigenvalue weighted by molar-refractivity contribution is -0.200. The molecule has 3 N–H and O–H groups in total. The number of hydrogen-bond donors (Lipinski definition) is 3. The number of aryl methyl sites for hydroxylation is 1. The molecule has 0 spiro atoms. The third-order valence-corrected chi connectivity index (χ3v) is 8.53. The Balaban J connectivity index is 1.34. The van der Waals surface area contributed by atoms with Gasteiger partial charge in [-0.15, -0.1) is 11.8 Å². The van der Waals surface area contributed by atoms with E-state index < -0.39 is 29.9 Å². The first kappa shape index (κ1) is 22.4. The van der Waals surface area contributed by atoms with Crippen molar-refractivity contribution in [1.29, 1.82) is 0 Å². The molecule has 2 aromatic carbocycles. The van der Waals surface area contributed by atoms with E-state index in [1.54, 1.807) is 0 Å². The maximum atomic E-state index is 10.6. The second kappa shape index (κ2) is 8.75. The number of aliphatic hydroxyl groups excluding tert-OH is 3. The van der Waals surface area contributed by atoms with Crippen molar-refractivity contribution < 1.29 is 24.8 Å². The molecule has 6 heteroatoms. The first-order chi connectivity index (χ1) is 15.4. The summed E-state index contributed by atoms with van der Waals surface area (Å²) in [4.78, 5) is 0. The number of aliphatic hydroxyl groups is 3. The molecule has 32 heavy (non-hydrogen) atoms. The topological polar surface area (TPSA) is 79.2 Å². The molecule has 2 aromatic rings. The lowest BCUT2D eigenvalue weighted by atomic mass is 9.87. The summed E-state index contributed by atoms with van der Waals surface area (Å²) >= 11 is 1.33. The summed E-state index contributed by atoms with van der Waals surface area (Å²) < 4.78 is 11.6. The van der Waals surface area contributed by atoms with Crippen LogP contribution in [0.3, 0.4) is 0 Å². The molecule has 3 aliphatic rings. The molecule has 5 nitrogen and oxygen atoms in total. The van der Waals surface area contributed by atoms with E-state index in [0.29, 0.717) is 11.3 Å². The van der Waals surface area contributed by atoms with Crippen LogP contribution in [0.2, 0.25) is 0 Å². The fraction of sp³-hybridized carbons (Fsp3) is 0.538. The van der Waals surface area contributed by atoms with Crippen LogP contribution in [0.5, 0.6) is 0 Å². The van der Waals surface area contributed by atoms with E-state index >= 15 is 0 Å². The van der Waals surface area contributed by atoms with Gasteiger partial charge in [0.2, 0.25) is 0 Å². The monoisotopic (exact) mass is 456 g/mol. The van der Waals surface area contributed by atoms with Gasteiger partial charge in [-0.1, -0.05) is 42.5 Å². The highest BCUT2D eigenvalue weighted by Crippen LogP contribution is 2.58. The Bertz CT molecular complexity index is 961. The predicted octanol–water partition coefficient (Wildman–Crippen LogP) is 3.11. The standard InChI is InChI=1S/C26H32O5S/c1-15-3-6-17(24-22(28)21(27)23(29)25(31-24)32-2)12-18(15)11-16-4-7-19(8-5-16)26-9-10-30-14-20(26)13-26/h3-8,12,20-25,27-29H,9-11,13-14H2,1-2H3/t20-,21-,22-,23+,24?,25-,26-/m1/s1. The summed E-state index contributed by atoms with van der Waals surface area (Å²) in [5, 5.41) is 31.0. The van der Waals surface area contributed by atoms with Gasteiger partial charge in [-0.3, -0.25) is 0 Å². The summed E-state index contributed by atoms with van der Waals surface area (Å²) in [5.74, 6) is 0.682. The number of fused-ring (bicyclic) bond motifs is 1. The van der Waals surface area contributed by atoms with Gasteiger partial charge in [0.05, 0.1) is 6.61 Å². The van der Waals surface area contributed by atoms with E-state index in [-0.39, 0.29) is 0 Å². The van der Waals surface area contributed by atoms with Crippen LogP contribution in [-0.2, 0) is 21.3 Å². The predicted molar refractivity (Wildman–Crippen MR) is 125 cm³/mol. The van der Waals surface area contributed by atoms with E-state index in [4.69, 9.17) is 9.47 Å². The summed E-state index contributed by atoms with van der Waals surface area (Å²) in [5.41, 5.74) is 5.62. The van der Waals surface area contributed by atoms with Crippen LogP contribution in [0.4, 0.5) is 0 Å². The molecule has 1 saturated carbocycles. The molecule has 2 aliphatic heterocycles. The van der Waals surface area contributed by atoms with Crippen LogP contribution >= 0.6 is 11.8 Å². The van der Waals surface area contributed by atoms with Crippen molar-refractivity contribution in [2.45, 2.75) is 61.5 Å². The number of benzene rings is 2. The van der Waals surface area contributed by atoms with Crippen LogP contribution in [0, 0.1) is 12.8 Å². The van der Waals surface area contributed by atoms with E-state index in [0.717, 1.165) is 31.6 Å². The van der Waals surface area contributed by atoms with Gasteiger partial charge < -0.3 is 24.8 Å². The Labute approximate surface area is 193 Å². The minimum atomic E-state index is -1.24. The van der Waals surface area contributed by atoms with Gasteiger partial charge in [0.25, 0.3) is 0 Å². The molecule has 3 fully saturated rings. The van der Waals surface area contributed by atoms with Crippen molar-refractivity contribution in [3.05, 3.63) is 70.3 Å². The average Bonchev–Trinajstić information content (AvgIpc) is 3.56. The van der Waals surface area contributed by atoms with Gasteiger partial charge in [0.1, 0.15) is 29.9 Å². The molecule has 1 unspecified atom stereocenters. The van der Waals surface area contributed by atoms with E-state index in [2.05, 4.69) is 37.3 Å². The molecule has 0 bridgehead atoms. The van der Waals surface area contributed by atoms with Crippen LogP contribution in [0.25, 0.3) is 0 Å². The first-order valence-electron chi connectivity index (χ1n) is 11.4. The average molecular weight is 457 g/mol. The van der Waals surface area contributed by atoms with Crippen molar-refractivity contribution in [2.24, 2.45) is 5.92 Å². The quantitative estimate of drug-likeness (QED) is 0.642. The van der Waals surface area contributed by atoms with Gasteiger partial charge >= 0.3 is 0 Å². The normalized spacial score (nSPS) is 36.5. The molecule has 5 rings (SSSR count). The van der Waals surface area contributed by atoms with Crippen LogP contribution in [-0.4, -0.2) is 58.5 Å². The van der Waals surface area contributed by atoms with E-state index in [9.17, 15) is 15.3 Å². The molecule has 7 atom stereocenters. The fourth-order valence-electron chi connectivity index (χ4n) is 5.43. The molecule has 2 saturated heterocycles. The summed E-state index contributed by atoms with van der Waals surface area (Å²) in [6.45, 7) is 3.85. The summed E-state index contributed by atoms with van der Waals surface area (Å²) in [6.07, 6.45) is 0.789. The maximum absolute atomic E-state index is 10.6. The molecular weight excluding hydrogens is 424 g/mol. The first-order valence-corrected chi connectivity index (χ1v) is 12.7. The Kier molecular flexibility index (Phi) is 6.12. The Morgan fingerprint density at radius 3 is 2.53 bits per heavy atom. The minimum Gasteiger partial charge on any atom is -0.387 e. The zero-order chi connectivity index (χ0) is 22.5. The summed E-state index contributed by atoms with van der Waals surface area (Å²) in [7, 11) is 0. The largest absolute Gasteiger partial charge is 0.387 e. The smallest absolute Gasteiger partial charge is 0.132 e. The Hall–Kier alpha value is -1.41. The number of hydrogen-bond acceptors (Lipinski definition) is 6. The lowest BCUT2D eigenvalue weighted by Gasteiger charge is -2.40. The second-order valence-electron chi connectivity index (χ2n) is 9.57. The van der Waals surface area contributed by atoms with Gasteiger partial charge in [-0.25, -0.2) is 0 Å². The van der Waals surface area contributed by atoms with Crippen molar-refractivity contribution in [3.63, 3.8) is 0 Å². The van der Waals surface area contributed by atoms with Gasteiger partial charge in [0.15, 0.2) is 0 Å². The molecule has 0 radical (unpaired) electrons. The highest BCUT2D eigenvalue weighted by atomic mass is 32.2. The molecule has 0 amide bonds. The molecule has 172 valence electrons. The third-order valence-electron chi connectivity index (χ3n) is 7.67. The van der Waals surface area contributed by atoms with Crippen molar-refractivity contribution >= 4 is 11.8 Å². The summed E-state index contributed by atoms with van der Waals surface area (Å²) in [6, 6.07) is 15.1. The van der Waals surface area contributed by atoms with Gasteiger partial charge in [-0.2, -0.15) is 0 Å². The minimum absolute atomic E-state index is 0.348. The highest BCUT2D eigenvalue weighted by molar-refractivity contribution is 7.99. The third kappa shape index (κ3) is 3.91. The highest BCUT2D eigenvalue weighted by Gasteiger charge is 2.56. The van der Waals surface area contributed by atoms with E-state index in [1.165, 1.54) is 40.4 Å². The van der Waals surface area contributed by atoms with Crippen LogP contribution in [0.1, 0.15) is 46.8 Å².